The van der Waals surface area contributed by atoms with Gasteiger partial charge in [-0.05, 0) is 31.0 Å². The number of hydrogen-bond acceptors (Lipinski definition) is 3. The summed E-state index contributed by atoms with van der Waals surface area (Å²) in [5.74, 6) is -0.121. The monoisotopic (exact) mass is 241 g/mol. The van der Waals surface area contributed by atoms with E-state index in [1.807, 2.05) is 13.8 Å². The first-order valence-corrected chi connectivity index (χ1v) is 5.83. The molecule has 0 radical (unpaired) electrons. The Balaban J connectivity index is 2.65. The molecule has 0 aliphatic carbocycles. The third-order valence-corrected chi connectivity index (χ3v) is 2.81. The minimum Gasteiger partial charge on any atom is -0.494 e. The van der Waals surface area contributed by atoms with Crippen LogP contribution < -0.4 is 10.1 Å². The standard InChI is InChI=1S/C13H20FNO2/c1-4-11(16)8-15-9(2)10-5-6-12(14)13(7-10)17-3/h5-7,9,11,15-16H,4,8H2,1-3H3. The van der Waals surface area contributed by atoms with Crippen molar-refractivity contribution in [3.8, 4) is 5.75 Å². The summed E-state index contributed by atoms with van der Waals surface area (Å²) in [5.41, 5.74) is 0.937. The van der Waals surface area contributed by atoms with Gasteiger partial charge in [0.1, 0.15) is 0 Å². The van der Waals surface area contributed by atoms with Gasteiger partial charge in [-0.15, -0.1) is 0 Å². The Morgan fingerprint density at radius 2 is 2.18 bits per heavy atom. The van der Waals surface area contributed by atoms with Crippen molar-refractivity contribution in [2.75, 3.05) is 13.7 Å². The Bertz CT molecular complexity index is 357. The van der Waals surface area contributed by atoms with Crippen molar-refractivity contribution in [2.24, 2.45) is 0 Å². The van der Waals surface area contributed by atoms with Gasteiger partial charge in [0.2, 0.25) is 0 Å². The van der Waals surface area contributed by atoms with E-state index in [9.17, 15) is 9.50 Å². The van der Waals surface area contributed by atoms with Crippen molar-refractivity contribution in [2.45, 2.75) is 32.4 Å². The number of hydrogen-bond donors (Lipinski definition) is 2. The zero-order chi connectivity index (χ0) is 12.8. The topological polar surface area (TPSA) is 41.5 Å². The van der Waals surface area contributed by atoms with Gasteiger partial charge in [-0.1, -0.05) is 13.0 Å². The van der Waals surface area contributed by atoms with Gasteiger partial charge in [-0.3, -0.25) is 0 Å². The Kier molecular flexibility index (Phi) is 5.38. The van der Waals surface area contributed by atoms with Crippen LogP contribution >= 0.6 is 0 Å². The predicted octanol–water partition coefficient (Wildman–Crippen LogP) is 2.26. The number of methoxy groups -OCH3 is 1. The Morgan fingerprint density at radius 1 is 1.47 bits per heavy atom. The van der Waals surface area contributed by atoms with Crippen LogP contribution in [0.15, 0.2) is 18.2 Å². The summed E-state index contributed by atoms with van der Waals surface area (Å²) in [6, 6.07) is 4.83. The molecule has 0 fully saturated rings. The van der Waals surface area contributed by atoms with E-state index in [1.54, 1.807) is 12.1 Å². The summed E-state index contributed by atoms with van der Waals surface area (Å²) >= 11 is 0. The maximum absolute atomic E-state index is 13.2. The zero-order valence-electron chi connectivity index (χ0n) is 10.5. The minimum atomic E-state index is -0.364. The highest BCUT2D eigenvalue weighted by Gasteiger charge is 2.10. The molecule has 1 rings (SSSR count). The molecule has 96 valence electrons. The van der Waals surface area contributed by atoms with Gasteiger partial charge in [-0.2, -0.15) is 0 Å². The molecule has 0 saturated heterocycles. The molecule has 0 aliphatic heterocycles. The SMILES string of the molecule is CCC(O)CNC(C)c1ccc(F)c(OC)c1. The number of ether oxygens (including phenoxy) is 1. The van der Waals surface area contributed by atoms with E-state index in [-0.39, 0.29) is 23.7 Å². The first kappa shape index (κ1) is 13.9. The first-order valence-electron chi connectivity index (χ1n) is 5.83. The van der Waals surface area contributed by atoms with Crippen LogP contribution in [0.1, 0.15) is 31.9 Å². The van der Waals surface area contributed by atoms with Crippen LogP contribution in [-0.4, -0.2) is 24.9 Å². The third kappa shape index (κ3) is 3.98. The molecule has 2 atom stereocenters. The number of rotatable bonds is 6. The van der Waals surface area contributed by atoms with Crippen LogP contribution in [0.2, 0.25) is 0 Å². The smallest absolute Gasteiger partial charge is 0.165 e. The molecule has 4 heteroatoms. The summed E-state index contributed by atoms with van der Waals surface area (Å²) in [7, 11) is 1.45. The second kappa shape index (κ2) is 6.57. The van der Waals surface area contributed by atoms with Crippen molar-refractivity contribution in [1.82, 2.24) is 5.32 Å². The van der Waals surface area contributed by atoms with E-state index >= 15 is 0 Å². The van der Waals surface area contributed by atoms with E-state index in [0.717, 1.165) is 5.56 Å². The maximum Gasteiger partial charge on any atom is 0.165 e. The molecular weight excluding hydrogens is 221 g/mol. The molecule has 0 saturated carbocycles. The number of halogens is 1. The second-order valence-electron chi connectivity index (χ2n) is 4.09. The molecule has 17 heavy (non-hydrogen) atoms. The Hall–Kier alpha value is -1.13. The summed E-state index contributed by atoms with van der Waals surface area (Å²) < 4.78 is 18.1. The molecular formula is C13H20FNO2. The van der Waals surface area contributed by atoms with E-state index in [4.69, 9.17) is 4.74 Å². The summed E-state index contributed by atoms with van der Waals surface area (Å²) in [6.07, 6.45) is 0.367. The van der Waals surface area contributed by atoms with Gasteiger partial charge in [0.05, 0.1) is 13.2 Å². The minimum absolute atomic E-state index is 0.0469. The fourth-order valence-corrected chi connectivity index (χ4v) is 1.52. The lowest BCUT2D eigenvalue weighted by atomic mass is 10.1. The van der Waals surface area contributed by atoms with E-state index < -0.39 is 0 Å². The van der Waals surface area contributed by atoms with Gasteiger partial charge in [0.15, 0.2) is 11.6 Å². The zero-order valence-corrected chi connectivity index (χ0v) is 10.5. The molecule has 1 aromatic rings. The third-order valence-electron chi connectivity index (χ3n) is 2.81. The quantitative estimate of drug-likeness (QED) is 0.802. The molecule has 0 amide bonds. The lowest BCUT2D eigenvalue weighted by molar-refractivity contribution is 0.163. The average molecular weight is 241 g/mol. The van der Waals surface area contributed by atoms with E-state index in [2.05, 4.69) is 5.32 Å². The van der Waals surface area contributed by atoms with Gasteiger partial charge in [0, 0.05) is 12.6 Å². The molecule has 2 N–H and O–H groups in total. The van der Waals surface area contributed by atoms with Gasteiger partial charge < -0.3 is 15.2 Å². The molecule has 2 unspecified atom stereocenters. The summed E-state index contributed by atoms with van der Waals surface area (Å²) in [6.45, 7) is 4.42. The average Bonchev–Trinajstić information content (AvgIpc) is 2.35. The lowest BCUT2D eigenvalue weighted by Crippen LogP contribution is -2.28. The van der Waals surface area contributed by atoms with Crippen LogP contribution in [-0.2, 0) is 0 Å². The van der Waals surface area contributed by atoms with E-state index in [1.165, 1.54) is 13.2 Å². The van der Waals surface area contributed by atoms with Crippen LogP contribution in [0.5, 0.6) is 5.75 Å². The first-order chi connectivity index (χ1) is 8.08. The van der Waals surface area contributed by atoms with Crippen LogP contribution in [0.4, 0.5) is 4.39 Å². The number of benzene rings is 1. The van der Waals surface area contributed by atoms with E-state index in [0.29, 0.717) is 13.0 Å². The predicted molar refractivity (Wildman–Crippen MR) is 65.7 cm³/mol. The molecule has 3 nitrogen and oxygen atoms in total. The molecule has 0 bridgehead atoms. The molecule has 0 heterocycles. The molecule has 1 aromatic carbocycles. The van der Waals surface area contributed by atoms with Gasteiger partial charge >= 0.3 is 0 Å². The maximum atomic E-state index is 13.2. The summed E-state index contributed by atoms with van der Waals surface area (Å²) in [5, 5.41) is 12.6. The van der Waals surface area contributed by atoms with Crippen molar-refractivity contribution in [3.63, 3.8) is 0 Å². The number of nitrogens with one attached hydrogen (secondary N) is 1. The normalized spacial score (nSPS) is 14.4. The second-order valence-corrected chi connectivity index (χ2v) is 4.09. The highest BCUT2D eigenvalue weighted by Crippen LogP contribution is 2.22. The van der Waals surface area contributed by atoms with Crippen LogP contribution in [0.3, 0.4) is 0 Å². The fourth-order valence-electron chi connectivity index (χ4n) is 1.52. The number of aliphatic hydroxyl groups excluding tert-OH is 1. The van der Waals surface area contributed by atoms with Crippen molar-refractivity contribution < 1.29 is 14.2 Å². The number of aliphatic hydroxyl groups is 1. The molecule has 0 spiro atoms. The van der Waals surface area contributed by atoms with Crippen molar-refractivity contribution in [3.05, 3.63) is 29.6 Å². The Labute approximate surface area is 102 Å². The highest BCUT2D eigenvalue weighted by molar-refractivity contribution is 5.31. The largest absolute Gasteiger partial charge is 0.494 e. The molecule has 0 aromatic heterocycles. The van der Waals surface area contributed by atoms with Gasteiger partial charge in [0.25, 0.3) is 0 Å². The summed E-state index contributed by atoms with van der Waals surface area (Å²) in [4.78, 5) is 0. The van der Waals surface area contributed by atoms with Gasteiger partial charge in [-0.25, -0.2) is 4.39 Å². The fraction of sp³-hybridized carbons (Fsp3) is 0.538. The lowest BCUT2D eigenvalue weighted by Gasteiger charge is -2.17. The molecule has 0 aliphatic rings. The van der Waals surface area contributed by atoms with Crippen LogP contribution in [0, 0.1) is 5.82 Å². The van der Waals surface area contributed by atoms with Crippen molar-refractivity contribution >= 4 is 0 Å². The highest BCUT2D eigenvalue weighted by atomic mass is 19.1. The Morgan fingerprint density at radius 3 is 2.76 bits per heavy atom. The van der Waals surface area contributed by atoms with Crippen LogP contribution in [0.25, 0.3) is 0 Å². The van der Waals surface area contributed by atoms with Crippen molar-refractivity contribution in [1.29, 1.82) is 0 Å².